The predicted molar refractivity (Wildman–Crippen MR) is 154 cm³/mol. The maximum Gasteiger partial charge on any atom is 0.311 e. The molecule has 36 heavy (non-hydrogen) atoms. The summed E-state index contributed by atoms with van der Waals surface area (Å²) < 4.78 is 6.04. The molecule has 0 bridgehead atoms. The molecule has 2 atom stereocenters. The van der Waals surface area contributed by atoms with E-state index in [2.05, 4.69) is 62.2 Å². The van der Waals surface area contributed by atoms with Crippen LogP contribution in [0.5, 0.6) is 5.75 Å². The predicted octanol–water partition coefficient (Wildman–Crippen LogP) is 8.49. The Balaban J connectivity index is 1.59. The van der Waals surface area contributed by atoms with E-state index >= 15 is 0 Å². The molecule has 3 nitrogen and oxygen atoms in total. The number of fused-ring (bicyclic) bond motifs is 1. The number of hydrogen-bond acceptors (Lipinski definition) is 4. The zero-order chi connectivity index (χ0) is 25.8. The number of carbonyl (C=O) groups excluding carboxylic acids is 1. The van der Waals surface area contributed by atoms with E-state index < -0.39 is 0 Å². The van der Waals surface area contributed by atoms with Crippen molar-refractivity contribution in [1.82, 2.24) is 4.90 Å². The van der Waals surface area contributed by atoms with Gasteiger partial charge in [-0.15, -0.1) is 11.3 Å². The number of ether oxygens (including phenoxy) is 1. The standard InChI is InChI=1S/C32H49NO2S/c1-5-11-26(16-15-25(7-3)8-4)23-32(34)35-31-14-9-12-27-24-28(17-18-30(27)31)33(20-6-2)21-19-29-13-10-22-36-29/h9-10,12-14,22,25-26,28H,5-8,11,15-21,23-24H2,1-4H3. The van der Waals surface area contributed by atoms with Gasteiger partial charge in [0.05, 0.1) is 0 Å². The van der Waals surface area contributed by atoms with E-state index in [0.29, 0.717) is 18.4 Å². The number of hydrogen-bond donors (Lipinski definition) is 0. The van der Waals surface area contributed by atoms with Crippen molar-refractivity contribution in [3.05, 3.63) is 51.7 Å². The lowest BCUT2D eigenvalue weighted by molar-refractivity contribution is -0.135. The molecule has 0 aliphatic heterocycles. The summed E-state index contributed by atoms with van der Waals surface area (Å²) in [5.41, 5.74) is 2.63. The van der Waals surface area contributed by atoms with Crippen LogP contribution in [0.2, 0.25) is 0 Å². The molecular formula is C32H49NO2S. The summed E-state index contributed by atoms with van der Waals surface area (Å²) in [6.07, 6.45) is 13.1. The lowest BCUT2D eigenvalue weighted by Crippen LogP contribution is -2.41. The van der Waals surface area contributed by atoms with Crippen molar-refractivity contribution < 1.29 is 9.53 Å². The van der Waals surface area contributed by atoms with Crippen molar-refractivity contribution in [3.8, 4) is 5.75 Å². The van der Waals surface area contributed by atoms with Crippen LogP contribution in [0, 0.1) is 11.8 Å². The minimum absolute atomic E-state index is 0.0444. The van der Waals surface area contributed by atoms with Crippen molar-refractivity contribution in [2.75, 3.05) is 13.1 Å². The molecule has 0 saturated carbocycles. The summed E-state index contributed by atoms with van der Waals surface area (Å²) in [4.78, 5) is 17.2. The maximum absolute atomic E-state index is 13.0. The molecule has 1 aliphatic carbocycles. The first kappa shape index (κ1) is 28.9. The van der Waals surface area contributed by atoms with Gasteiger partial charge in [-0.25, -0.2) is 0 Å². The van der Waals surface area contributed by atoms with Gasteiger partial charge in [0.2, 0.25) is 0 Å². The number of benzene rings is 1. The second-order valence-corrected chi connectivity index (χ2v) is 11.8. The Kier molecular flexibility index (Phi) is 12.5. The Bertz CT molecular complexity index is 890. The Labute approximate surface area is 224 Å². The van der Waals surface area contributed by atoms with E-state index in [0.717, 1.165) is 69.7 Å². The number of rotatable bonds is 16. The van der Waals surface area contributed by atoms with Crippen LogP contribution >= 0.6 is 11.3 Å². The molecular weight excluding hydrogens is 462 g/mol. The van der Waals surface area contributed by atoms with Crippen LogP contribution in [-0.2, 0) is 24.1 Å². The molecule has 0 saturated heterocycles. The second-order valence-electron chi connectivity index (χ2n) is 10.7. The highest BCUT2D eigenvalue weighted by atomic mass is 32.1. The second kappa shape index (κ2) is 15.6. The Morgan fingerprint density at radius 2 is 1.81 bits per heavy atom. The molecule has 1 aromatic carbocycles. The SMILES string of the molecule is CCCC(CCC(CC)CC)CC(=O)Oc1cccc2c1CCC(N(CCC)CCc1cccs1)C2. The summed E-state index contributed by atoms with van der Waals surface area (Å²) >= 11 is 1.86. The van der Waals surface area contributed by atoms with Crippen molar-refractivity contribution >= 4 is 17.3 Å². The summed E-state index contributed by atoms with van der Waals surface area (Å²) in [6, 6.07) is 11.3. The number of esters is 1. The number of nitrogens with zero attached hydrogens (tertiary/aromatic N) is 1. The molecule has 1 aliphatic rings. The van der Waals surface area contributed by atoms with Crippen LogP contribution in [0.4, 0.5) is 0 Å². The van der Waals surface area contributed by atoms with E-state index in [1.807, 2.05) is 17.4 Å². The van der Waals surface area contributed by atoms with E-state index in [1.54, 1.807) is 0 Å². The van der Waals surface area contributed by atoms with Gasteiger partial charge >= 0.3 is 5.97 Å². The minimum atomic E-state index is -0.0444. The first-order chi connectivity index (χ1) is 17.6. The van der Waals surface area contributed by atoms with Crippen LogP contribution in [0.3, 0.4) is 0 Å². The third kappa shape index (κ3) is 8.73. The number of carbonyl (C=O) groups is 1. The highest BCUT2D eigenvalue weighted by Crippen LogP contribution is 2.33. The van der Waals surface area contributed by atoms with Gasteiger partial charge in [0.25, 0.3) is 0 Å². The van der Waals surface area contributed by atoms with E-state index in [-0.39, 0.29) is 5.97 Å². The van der Waals surface area contributed by atoms with Crippen LogP contribution in [0.15, 0.2) is 35.7 Å². The summed E-state index contributed by atoms with van der Waals surface area (Å²) in [7, 11) is 0. The van der Waals surface area contributed by atoms with Gasteiger partial charge in [-0.05, 0) is 85.5 Å². The maximum atomic E-state index is 13.0. The van der Waals surface area contributed by atoms with Gasteiger partial charge in [0, 0.05) is 23.9 Å². The van der Waals surface area contributed by atoms with E-state index in [4.69, 9.17) is 4.74 Å². The van der Waals surface area contributed by atoms with Crippen LogP contribution in [0.1, 0.15) is 101 Å². The van der Waals surface area contributed by atoms with E-state index in [9.17, 15) is 4.79 Å². The molecule has 2 aromatic rings. The van der Waals surface area contributed by atoms with E-state index in [1.165, 1.54) is 41.7 Å². The lowest BCUT2D eigenvalue weighted by atomic mass is 9.86. The Morgan fingerprint density at radius 3 is 2.50 bits per heavy atom. The van der Waals surface area contributed by atoms with Gasteiger partial charge in [0.1, 0.15) is 5.75 Å². The average Bonchev–Trinajstić information content (AvgIpc) is 3.41. The smallest absolute Gasteiger partial charge is 0.311 e. The van der Waals surface area contributed by atoms with Crippen LogP contribution in [-0.4, -0.2) is 30.0 Å². The molecule has 2 unspecified atom stereocenters. The largest absolute Gasteiger partial charge is 0.426 e. The van der Waals surface area contributed by atoms with Crippen molar-refractivity contribution in [2.45, 2.75) is 111 Å². The molecule has 1 aromatic heterocycles. The Hall–Kier alpha value is -1.65. The fraction of sp³-hybridized carbons (Fsp3) is 0.656. The molecule has 0 radical (unpaired) electrons. The van der Waals surface area contributed by atoms with Gasteiger partial charge in [0.15, 0.2) is 0 Å². The molecule has 3 rings (SSSR count). The topological polar surface area (TPSA) is 29.5 Å². The van der Waals surface area contributed by atoms with Gasteiger partial charge in [-0.2, -0.15) is 0 Å². The molecule has 0 spiro atoms. The number of thiophene rings is 1. The van der Waals surface area contributed by atoms with Gasteiger partial charge in [-0.1, -0.05) is 78.0 Å². The average molecular weight is 512 g/mol. The third-order valence-corrected chi connectivity index (χ3v) is 9.12. The normalized spacial score (nSPS) is 16.3. The zero-order valence-electron chi connectivity index (χ0n) is 23.3. The molecule has 0 N–H and O–H groups in total. The van der Waals surface area contributed by atoms with Crippen molar-refractivity contribution in [3.63, 3.8) is 0 Å². The van der Waals surface area contributed by atoms with Gasteiger partial charge in [-0.3, -0.25) is 9.69 Å². The van der Waals surface area contributed by atoms with Crippen LogP contribution < -0.4 is 4.74 Å². The molecule has 200 valence electrons. The summed E-state index contributed by atoms with van der Waals surface area (Å²) in [5, 5.41) is 2.18. The quantitative estimate of drug-likeness (QED) is 0.167. The van der Waals surface area contributed by atoms with Crippen molar-refractivity contribution in [2.24, 2.45) is 11.8 Å². The highest BCUT2D eigenvalue weighted by molar-refractivity contribution is 7.09. The molecule has 0 fully saturated rings. The fourth-order valence-electron chi connectivity index (χ4n) is 5.96. The summed E-state index contributed by atoms with van der Waals surface area (Å²) in [6.45, 7) is 11.3. The highest BCUT2D eigenvalue weighted by Gasteiger charge is 2.27. The molecule has 0 amide bonds. The first-order valence-electron chi connectivity index (χ1n) is 14.7. The van der Waals surface area contributed by atoms with Crippen LogP contribution in [0.25, 0.3) is 0 Å². The monoisotopic (exact) mass is 511 g/mol. The Morgan fingerprint density at radius 1 is 1.00 bits per heavy atom. The molecule has 4 heteroatoms. The third-order valence-electron chi connectivity index (χ3n) is 8.18. The molecule has 1 heterocycles. The van der Waals surface area contributed by atoms with Gasteiger partial charge < -0.3 is 4.74 Å². The first-order valence-corrected chi connectivity index (χ1v) is 15.5. The lowest BCUT2D eigenvalue weighted by Gasteiger charge is -2.35. The van der Waals surface area contributed by atoms with Crippen molar-refractivity contribution in [1.29, 1.82) is 0 Å². The fourth-order valence-corrected chi connectivity index (χ4v) is 6.66. The summed E-state index contributed by atoms with van der Waals surface area (Å²) in [5.74, 6) is 1.99. The minimum Gasteiger partial charge on any atom is -0.426 e. The zero-order valence-corrected chi connectivity index (χ0v) is 24.1.